The number of rotatable bonds is 4. The highest BCUT2D eigenvalue weighted by molar-refractivity contribution is 5.99. The van der Waals surface area contributed by atoms with E-state index < -0.39 is 0 Å². The number of aromatic nitrogens is 4. The third-order valence-corrected chi connectivity index (χ3v) is 5.96. The van der Waals surface area contributed by atoms with Crippen LogP contribution in [0.2, 0.25) is 0 Å². The Labute approximate surface area is 185 Å². The van der Waals surface area contributed by atoms with Crippen molar-refractivity contribution in [1.82, 2.24) is 19.7 Å². The molecule has 2 atom stereocenters. The number of pyridine rings is 2. The average Bonchev–Trinajstić information content (AvgIpc) is 3.47. The number of aryl methyl sites for hydroxylation is 2. The van der Waals surface area contributed by atoms with E-state index in [1.54, 1.807) is 10.9 Å². The Balaban J connectivity index is 1.42. The van der Waals surface area contributed by atoms with Crippen molar-refractivity contribution in [1.29, 1.82) is 0 Å². The van der Waals surface area contributed by atoms with Gasteiger partial charge in [0.1, 0.15) is 11.6 Å². The van der Waals surface area contributed by atoms with Crippen LogP contribution in [0.15, 0.2) is 48.9 Å². The fraction of sp³-hybridized carbons (Fsp3) is 0.200. The first-order chi connectivity index (χ1) is 15.4. The third-order valence-electron chi connectivity index (χ3n) is 5.96. The molecule has 3 heterocycles. The van der Waals surface area contributed by atoms with Gasteiger partial charge in [-0.2, -0.15) is 5.10 Å². The summed E-state index contributed by atoms with van der Waals surface area (Å²) >= 11 is 0. The maximum Gasteiger partial charge on any atom is 0.229 e. The summed E-state index contributed by atoms with van der Waals surface area (Å²) in [7, 11) is 1.87. The molecule has 1 amide bonds. The maximum absolute atomic E-state index is 12.7. The number of amides is 1. The second kappa shape index (κ2) is 7.50. The summed E-state index contributed by atoms with van der Waals surface area (Å²) in [6, 6.07) is 9.58. The molecule has 1 fully saturated rings. The quantitative estimate of drug-likeness (QED) is 0.489. The second-order valence-electron chi connectivity index (χ2n) is 8.24. The molecule has 3 N–H and O–H groups in total. The molecular weight excluding hydrogens is 400 g/mol. The Morgan fingerprint density at radius 3 is 2.88 bits per heavy atom. The van der Waals surface area contributed by atoms with E-state index in [4.69, 9.17) is 12.2 Å². The minimum absolute atomic E-state index is 0.0366. The van der Waals surface area contributed by atoms with E-state index in [0.717, 1.165) is 45.1 Å². The van der Waals surface area contributed by atoms with Gasteiger partial charge in [0.2, 0.25) is 5.91 Å². The van der Waals surface area contributed by atoms with Crippen LogP contribution in [0.4, 0.5) is 11.6 Å². The summed E-state index contributed by atoms with van der Waals surface area (Å²) in [4.78, 5) is 21.7. The van der Waals surface area contributed by atoms with E-state index in [1.807, 2.05) is 56.7 Å². The minimum Gasteiger partial charge on any atom is -0.383 e. The van der Waals surface area contributed by atoms with Crippen LogP contribution in [0.3, 0.4) is 0 Å². The smallest absolute Gasteiger partial charge is 0.229 e. The Bertz CT molecular complexity index is 1410. The summed E-state index contributed by atoms with van der Waals surface area (Å²) in [5.74, 6) is 3.64. The van der Waals surface area contributed by atoms with E-state index in [0.29, 0.717) is 11.6 Å². The van der Waals surface area contributed by atoms with Crippen molar-refractivity contribution in [3.05, 3.63) is 65.6 Å². The number of nitrogens with one attached hydrogen (secondary N) is 1. The Hall–Kier alpha value is -4.18. The lowest BCUT2D eigenvalue weighted by molar-refractivity contribution is -0.117. The van der Waals surface area contributed by atoms with Crippen molar-refractivity contribution in [2.24, 2.45) is 13.0 Å². The van der Waals surface area contributed by atoms with Gasteiger partial charge in [-0.3, -0.25) is 9.48 Å². The van der Waals surface area contributed by atoms with E-state index in [2.05, 4.69) is 26.3 Å². The molecule has 32 heavy (non-hydrogen) atoms. The van der Waals surface area contributed by atoms with Crippen molar-refractivity contribution in [2.45, 2.75) is 19.3 Å². The molecular formula is C25H22N6O. The van der Waals surface area contributed by atoms with Gasteiger partial charge in [0.05, 0.1) is 11.9 Å². The largest absolute Gasteiger partial charge is 0.383 e. The first-order valence-electron chi connectivity index (χ1n) is 10.4. The normalized spacial score (nSPS) is 17.2. The predicted molar refractivity (Wildman–Crippen MR) is 125 cm³/mol. The topological polar surface area (TPSA) is 98.7 Å². The number of nitrogens with zero attached hydrogens (tertiary/aromatic N) is 4. The highest BCUT2D eigenvalue weighted by atomic mass is 16.2. The van der Waals surface area contributed by atoms with Gasteiger partial charge in [-0.25, -0.2) is 9.97 Å². The fourth-order valence-electron chi connectivity index (χ4n) is 4.07. The monoisotopic (exact) mass is 422 g/mol. The number of benzene rings is 1. The molecule has 4 aromatic rings. The van der Waals surface area contributed by atoms with Crippen molar-refractivity contribution >= 4 is 28.3 Å². The number of anilines is 2. The van der Waals surface area contributed by atoms with Gasteiger partial charge in [-0.15, -0.1) is 6.42 Å². The van der Waals surface area contributed by atoms with Gasteiger partial charge in [-0.05, 0) is 60.0 Å². The standard InChI is InChI=1S/C25H22N6O/c1-4-15-6-5-14(2)18(7-15)22-8-16-9-23(27-12-21(16)24(26)29-22)30-25(32)20-10-19(20)17-11-28-31(3)13-17/h1,5-9,11-13,19-20H,10H2,2-3H3,(H2,26,29)(H,27,30,32)/t19-,20+/m1/s1. The average molecular weight is 422 g/mol. The SMILES string of the molecule is C#Cc1ccc(C)c(-c2cc3cc(NC(=O)[C@H]4C[C@@H]4c4cnn(C)c4)ncc3c(N)n2)c1. The van der Waals surface area contributed by atoms with Crippen molar-refractivity contribution in [3.8, 4) is 23.6 Å². The van der Waals surface area contributed by atoms with Gasteiger partial charge in [0, 0.05) is 41.9 Å². The number of fused-ring (bicyclic) bond motifs is 1. The zero-order valence-corrected chi connectivity index (χ0v) is 17.8. The van der Waals surface area contributed by atoms with Gasteiger partial charge in [0.15, 0.2) is 0 Å². The van der Waals surface area contributed by atoms with E-state index in [1.165, 1.54) is 0 Å². The second-order valence-corrected chi connectivity index (χ2v) is 8.24. The summed E-state index contributed by atoms with van der Waals surface area (Å²) in [6.45, 7) is 2.00. The number of hydrogen-bond donors (Lipinski definition) is 2. The van der Waals surface area contributed by atoms with Gasteiger partial charge in [0.25, 0.3) is 0 Å². The van der Waals surface area contributed by atoms with Crippen LogP contribution in [0.1, 0.15) is 29.0 Å². The van der Waals surface area contributed by atoms with Crippen molar-refractivity contribution in [2.75, 3.05) is 11.1 Å². The van der Waals surface area contributed by atoms with E-state index >= 15 is 0 Å². The van der Waals surface area contributed by atoms with Crippen molar-refractivity contribution in [3.63, 3.8) is 0 Å². The molecule has 5 rings (SSSR count). The molecule has 1 aliphatic carbocycles. The molecule has 158 valence electrons. The Morgan fingerprint density at radius 1 is 1.28 bits per heavy atom. The van der Waals surface area contributed by atoms with Crippen LogP contribution < -0.4 is 11.1 Å². The van der Waals surface area contributed by atoms with Crippen LogP contribution in [-0.4, -0.2) is 25.7 Å². The maximum atomic E-state index is 12.7. The molecule has 0 unspecified atom stereocenters. The van der Waals surface area contributed by atoms with E-state index in [9.17, 15) is 4.79 Å². The molecule has 0 spiro atoms. The van der Waals surface area contributed by atoms with Crippen molar-refractivity contribution < 1.29 is 4.79 Å². The third kappa shape index (κ3) is 3.56. The number of carbonyl (C=O) groups excluding carboxylic acids is 1. The van der Waals surface area contributed by atoms with Gasteiger partial charge >= 0.3 is 0 Å². The molecule has 7 heteroatoms. The molecule has 1 aromatic carbocycles. The first-order valence-corrected chi connectivity index (χ1v) is 10.4. The van der Waals surface area contributed by atoms with Crippen LogP contribution in [0.25, 0.3) is 22.0 Å². The molecule has 0 saturated heterocycles. The van der Waals surface area contributed by atoms with Gasteiger partial charge < -0.3 is 11.1 Å². The lowest BCUT2D eigenvalue weighted by Gasteiger charge is -2.11. The highest BCUT2D eigenvalue weighted by Crippen LogP contribution is 2.47. The fourth-order valence-corrected chi connectivity index (χ4v) is 4.07. The number of nitrogens with two attached hydrogens (primary N) is 1. The number of terminal acetylenes is 1. The van der Waals surface area contributed by atoms with Gasteiger partial charge in [-0.1, -0.05) is 12.0 Å². The lowest BCUT2D eigenvalue weighted by atomic mass is 10.0. The molecule has 3 aromatic heterocycles. The number of carbonyl (C=O) groups is 1. The summed E-state index contributed by atoms with van der Waals surface area (Å²) < 4.78 is 1.75. The van der Waals surface area contributed by atoms with Crippen LogP contribution in [0, 0.1) is 25.2 Å². The molecule has 0 radical (unpaired) electrons. The predicted octanol–water partition coefficient (Wildman–Crippen LogP) is 3.64. The Kier molecular flexibility index (Phi) is 4.63. The van der Waals surface area contributed by atoms with E-state index in [-0.39, 0.29) is 17.7 Å². The number of nitrogen functional groups attached to an aromatic ring is 1. The molecule has 0 aliphatic heterocycles. The van der Waals surface area contributed by atoms with Crippen LogP contribution in [0.5, 0.6) is 0 Å². The summed E-state index contributed by atoms with van der Waals surface area (Å²) in [6.07, 6.45) is 11.8. The molecule has 1 aliphatic rings. The molecule has 0 bridgehead atoms. The highest BCUT2D eigenvalue weighted by Gasteiger charge is 2.44. The van der Waals surface area contributed by atoms with Crippen LogP contribution in [-0.2, 0) is 11.8 Å². The molecule has 7 nitrogen and oxygen atoms in total. The zero-order chi connectivity index (χ0) is 22.4. The van der Waals surface area contributed by atoms with Crippen LogP contribution >= 0.6 is 0 Å². The Morgan fingerprint density at radius 2 is 2.12 bits per heavy atom. The summed E-state index contributed by atoms with van der Waals surface area (Å²) in [5.41, 5.74) is 10.8. The zero-order valence-electron chi connectivity index (χ0n) is 17.8. The molecule has 1 saturated carbocycles. The first kappa shape index (κ1) is 19.8. The summed E-state index contributed by atoms with van der Waals surface area (Å²) in [5, 5.41) is 8.72. The lowest BCUT2D eigenvalue weighted by Crippen LogP contribution is -2.15. The number of hydrogen-bond acceptors (Lipinski definition) is 5. The minimum atomic E-state index is -0.0658.